The second-order valence-corrected chi connectivity index (χ2v) is 3.49. The fraction of sp³-hybridized carbons (Fsp3) is 0.600. The van der Waals surface area contributed by atoms with Gasteiger partial charge in [0.1, 0.15) is 0 Å². The van der Waals surface area contributed by atoms with Gasteiger partial charge < -0.3 is 0 Å². The van der Waals surface area contributed by atoms with Crippen molar-refractivity contribution in [3.8, 4) is 0 Å². The Balaban J connectivity index is 2.43. The van der Waals surface area contributed by atoms with E-state index >= 15 is 0 Å². The second kappa shape index (κ2) is 4.43. The van der Waals surface area contributed by atoms with Crippen molar-refractivity contribution < 1.29 is 10.1 Å². The highest BCUT2D eigenvalue weighted by atomic mass is 17.1. The molecule has 0 bridgehead atoms. The summed E-state index contributed by atoms with van der Waals surface area (Å²) in [5, 5.41) is 8.28. The zero-order chi connectivity index (χ0) is 8.97. The van der Waals surface area contributed by atoms with E-state index in [0.717, 1.165) is 12.8 Å². The highest BCUT2D eigenvalue weighted by molar-refractivity contribution is 5.19. The van der Waals surface area contributed by atoms with E-state index < -0.39 is 0 Å². The first-order valence-corrected chi connectivity index (χ1v) is 4.36. The second-order valence-electron chi connectivity index (χ2n) is 3.49. The largest absolute Gasteiger partial charge is 0.252 e. The highest BCUT2D eigenvalue weighted by Crippen LogP contribution is 2.26. The van der Waals surface area contributed by atoms with Gasteiger partial charge in [0.05, 0.1) is 6.61 Å². The average Bonchev–Trinajstić information content (AvgIpc) is 2.06. The molecule has 0 fully saturated rings. The van der Waals surface area contributed by atoms with E-state index in [9.17, 15) is 0 Å². The average molecular weight is 168 g/mol. The van der Waals surface area contributed by atoms with Gasteiger partial charge in [-0.25, -0.2) is 4.89 Å². The van der Waals surface area contributed by atoms with Gasteiger partial charge in [-0.15, -0.1) is 0 Å². The molecule has 0 saturated carbocycles. The Morgan fingerprint density at radius 1 is 1.83 bits per heavy atom. The van der Waals surface area contributed by atoms with Gasteiger partial charge in [0, 0.05) is 0 Å². The molecular formula is C10H16O2. The van der Waals surface area contributed by atoms with E-state index in [4.69, 9.17) is 5.26 Å². The summed E-state index contributed by atoms with van der Waals surface area (Å²) in [6.07, 6.45) is 6.42. The van der Waals surface area contributed by atoms with Crippen LogP contribution >= 0.6 is 0 Å². The molecule has 1 N–H and O–H groups in total. The smallest absolute Gasteiger partial charge is 0.0850 e. The number of allylic oxidation sites excluding steroid dienone is 3. The molecule has 2 atom stereocenters. The summed E-state index contributed by atoms with van der Waals surface area (Å²) >= 11 is 0. The summed E-state index contributed by atoms with van der Waals surface area (Å²) in [6.45, 7) is 6.39. The molecule has 0 aromatic heterocycles. The summed E-state index contributed by atoms with van der Waals surface area (Å²) in [5.41, 5.74) is 1.20. The normalized spacial score (nSPS) is 25.8. The Morgan fingerprint density at radius 3 is 3.08 bits per heavy atom. The molecular weight excluding hydrogens is 152 g/mol. The fourth-order valence-corrected chi connectivity index (χ4v) is 1.51. The quantitative estimate of drug-likeness (QED) is 0.518. The summed E-state index contributed by atoms with van der Waals surface area (Å²) in [5.74, 6) is 0.919. The van der Waals surface area contributed by atoms with Crippen LogP contribution < -0.4 is 0 Å². The van der Waals surface area contributed by atoms with Crippen LogP contribution in [0.1, 0.15) is 19.8 Å². The number of hydrogen-bond donors (Lipinski definition) is 1. The zero-order valence-corrected chi connectivity index (χ0v) is 7.49. The summed E-state index contributed by atoms with van der Waals surface area (Å²) in [7, 11) is 0. The minimum Gasteiger partial charge on any atom is -0.252 e. The van der Waals surface area contributed by atoms with Crippen LogP contribution in [0.5, 0.6) is 0 Å². The first kappa shape index (κ1) is 9.49. The molecule has 0 heterocycles. The van der Waals surface area contributed by atoms with E-state index in [-0.39, 0.29) is 0 Å². The van der Waals surface area contributed by atoms with Gasteiger partial charge >= 0.3 is 0 Å². The molecule has 0 aliphatic heterocycles. The van der Waals surface area contributed by atoms with Crippen LogP contribution in [0, 0.1) is 11.8 Å². The lowest BCUT2D eigenvalue weighted by Gasteiger charge is -2.22. The van der Waals surface area contributed by atoms with E-state index in [1.807, 2.05) is 0 Å². The molecule has 1 rings (SSSR count). The van der Waals surface area contributed by atoms with Crippen molar-refractivity contribution in [3.63, 3.8) is 0 Å². The molecule has 2 unspecified atom stereocenters. The monoisotopic (exact) mass is 168 g/mol. The van der Waals surface area contributed by atoms with Crippen LogP contribution in [0.4, 0.5) is 0 Å². The number of hydrogen-bond acceptors (Lipinski definition) is 2. The third-order valence-electron chi connectivity index (χ3n) is 2.45. The van der Waals surface area contributed by atoms with Crippen LogP contribution in [0.3, 0.4) is 0 Å². The standard InChI is InChI=1S/C10H16O2/c1-8-3-5-10(6-4-8)9(2)7-12-11/h3,5,9-11H,1,4,6-7H2,2H3. The maximum atomic E-state index is 8.28. The Morgan fingerprint density at radius 2 is 2.58 bits per heavy atom. The number of rotatable bonds is 3. The first-order chi connectivity index (χ1) is 5.74. The van der Waals surface area contributed by atoms with E-state index in [1.165, 1.54) is 5.57 Å². The van der Waals surface area contributed by atoms with E-state index in [1.54, 1.807) is 0 Å². The molecule has 68 valence electrons. The molecule has 0 aromatic carbocycles. The Kier molecular flexibility index (Phi) is 3.50. The van der Waals surface area contributed by atoms with Crippen molar-refractivity contribution in [2.75, 3.05) is 6.61 Å². The van der Waals surface area contributed by atoms with Crippen molar-refractivity contribution >= 4 is 0 Å². The molecule has 0 radical (unpaired) electrons. The molecule has 2 heteroatoms. The van der Waals surface area contributed by atoms with Gasteiger partial charge in [0.2, 0.25) is 0 Å². The predicted octanol–water partition coefficient (Wildman–Crippen LogP) is 2.63. The predicted molar refractivity (Wildman–Crippen MR) is 48.7 cm³/mol. The van der Waals surface area contributed by atoms with Crippen LogP contribution in [0.25, 0.3) is 0 Å². The maximum Gasteiger partial charge on any atom is 0.0850 e. The lowest BCUT2D eigenvalue weighted by molar-refractivity contribution is -0.252. The topological polar surface area (TPSA) is 29.5 Å². The lowest BCUT2D eigenvalue weighted by Crippen LogP contribution is -2.16. The van der Waals surface area contributed by atoms with Crippen LogP contribution in [0.2, 0.25) is 0 Å². The third-order valence-corrected chi connectivity index (χ3v) is 2.45. The maximum absolute atomic E-state index is 8.28. The van der Waals surface area contributed by atoms with Gasteiger partial charge in [-0.1, -0.05) is 31.2 Å². The summed E-state index contributed by atoms with van der Waals surface area (Å²) < 4.78 is 0. The van der Waals surface area contributed by atoms with Crippen LogP contribution in [-0.2, 0) is 4.89 Å². The highest BCUT2D eigenvalue weighted by Gasteiger charge is 2.17. The Hall–Kier alpha value is -0.600. The van der Waals surface area contributed by atoms with Crippen molar-refractivity contribution in [2.45, 2.75) is 19.8 Å². The molecule has 0 saturated heterocycles. The Bertz CT molecular complexity index is 184. The minimum absolute atomic E-state index is 0.388. The Labute approximate surface area is 73.5 Å². The fourth-order valence-electron chi connectivity index (χ4n) is 1.51. The molecule has 0 aromatic rings. The molecule has 0 amide bonds. The lowest BCUT2D eigenvalue weighted by atomic mass is 9.85. The van der Waals surface area contributed by atoms with Gasteiger partial charge in [-0.3, -0.25) is 5.26 Å². The van der Waals surface area contributed by atoms with Gasteiger partial charge in [0.25, 0.3) is 0 Å². The van der Waals surface area contributed by atoms with Gasteiger partial charge in [-0.05, 0) is 24.7 Å². The van der Waals surface area contributed by atoms with Crippen molar-refractivity contribution in [1.29, 1.82) is 0 Å². The van der Waals surface area contributed by atoms with Crippen LogP contribution in [-0.4, -0.2) is 11.9 Å². The van der Waals surface area contributed by atoms with E-state index in [0.29, 0.717) is 18.4 Å². The zero-order valence-electron chi connectivity index (χ0n) is 7.49. The molecule has 12 heavy (non-hydrogen) atoms. The molecule has 1 aliphatic carbocycles. The van der Waals surface area contributed by atoms with Gasteiger partial charge in [0.15, 0.2) is 0 Å². The van der Waals surface area contributed by atoms with Crippen molar-refractivity contribution in [1.82, 2.24) is 0 Å². The van der Waals surface area contributed by atoms with E-state index in [2.05, 4.69) is 30.5 Å². The molecule has 2 nitrogen and oxygen atoms in total. The summed E-state index contributed by atoms with van der Waals surface area (Å²) in [6, 6.07) is 0. The third kappa shape index (κ3) is 2.47. The minimum atomic E-state index is 0.388. The SMILES string of the molecule is C=C1C=CC(C(C)COO)CC1. The van der Waals surface area contributed by atoms with Gasteiger partial charge in [-0.2, -0.15) is 0 Å². The molecule has 1 aliphatic rings. The summed E-state index contributed by atoms with van der Waals surface area (Å²) in [4.78, 5) is 4.13. The molecule has 0 spiro atoms. The van der Waals surface area contributed by atoms with Crippen molar-refractivity contribution in [3.05, 3.63) is 24.3 Å². The van der Waals surface area contributed by atoms with Crippen LogP contribution in [0.15, 0.2) is 24.3 Å². The van der Waals surface area contributed by atoms with Crippen molar-refractivity contribution in [2.24, 2.45) is 11.8 Å². The first-order valence-electron chi connectivity index (χ1n) is 4.36.